The third-order valence-corrected chi connectivity index (χ3v) is 3.96. The molecule has 2 atom stereocenters. The smallest absolute Gasteiger partial charge is 0.0597 e. The molecule has 0 amide bonds. The first-order valence-electron chi connectivity index (χ1n) is 7.32. The predicted octanol–water partition coefficient (Wildman–Crippen LogP) is 2.19. The number of aliphatic hydroxyl groups is 4. The number of hydrogen-bond acceptors (Lipinski definition) is 4. The highest BCUT2D eigenvalue weighted by Gasteiger charge is 2.30. The molecule has 20 heavy (non-hydrogen) atoms. The fraction of sp³-hybridized carbons (Fsp3) is 1.00. The maximum Gasteiger partial charge on any atom is 0.0597 e. The molecule has 4 heteroatoms. The summed E-state index contributed by atoms with van der Waals surface area (Å²) in [6.45, 7) is 15.2. The van der Waals surface area contributed by atoms with Crippen molar-refractivity contribution in [2.75, 3.05) is 13.2 Å². The zero-order valence-electron chi connectivity index (χ0n) is 14.6. The first kappa shape index (κ1) is 22.1. The Morgan fingerprint density at radius 2 is 1.30 bits per heavy atom. The van der Waals surface area contributed by atoms with E-state index in [-0.39, 0.29) is 36.1 Å². The van der Waals surface area contributed by atoms with Crippen molar-refractivity contribution in [2.24, 2.45) is 16.7 Å². The Kier molecular flexibility index (Phi) is 9.21. The lowest BCUT2D eigenvalue weighted by molar-refractivity contribution is 0.00456. The Morgan fingerprint density at radius 3 is 1.40 bits per heavy atom. The normalized spacial score (nSPS) is 16.2. The molecule has 2 unspecified atom stereocenters. The van der Waals surface area contributed by atoms with Crippen molar-refractivity contribution in [3.05, 3.63) is 0 Å². The summed E-state index contributed by atoms with van der Waals surface area (Å²) < 4.78 is 0. The van der Waals surface area contributed by atoms with E-state index < -0.39 is 5.60 Å². The monoisotopic (exact) mass is 292 g/mol. The van der Waals surface area contributed by atoms with Crippen LogP contribution in [0.5, 0.6) is 0 Å². The SMILES string of the molecule is CC(C)(O)CC(C)(C)CO.CC(O)C(C)(C)C(C)CO. The molecular formula is C16H36O4. The van der Waals surface area contributed by atoms with Gasteiger partial charge in [0.2, 0.25) is 0 Å². The minimum absolute atomic E-state index is 0.122. The molecule has 0 rings (SSSR count). The van der Waals surface area contributed by atoms with Crippen molar-refractivity contribution < 1.29 is 20.4 Å². The van der Waals surface area contributed by atoms with E-state index in [9.17, 15) is 10.2 Å². The molecule has 0 aliphatic carbocycles. The maximum atomic E-state index is 9.37. The van der Waals surface area contributed by atoms with Crippen LogP contribution in [0.3, 0.4) is 0 Å². The van der Waals surface area contributed by atoms with Gasteiger partial charge in [-0.05, 0) is 43.9 Å². The van der Waals surface area contributed by atoms with Crippen LogP contribution in [0.15, 0.2) is 0 Å². The summed E-state index contributed by atoms with van der Waals surface area (Å²) in [5.74, 6) is 0.146. The third-order valence-electron chi connectivity index (χ3n) is 3.96. The highest BCUT2D eigenvalue weighted by Crippen LogP contribution is 2.29. The van der Waals surface area contributed by atoms with E-state index in [0.717, 1.165) is 0 Å². The standard InChI is InChI=1S/2C8H18O2/c1-7(2,6-9)5-8(3,4)10;1-6(5-9)8(3,4)7(2)10/h9-10H,5-6H2,1-4H3;6-7,9-10H,5H2,1-4H3. The third kappa shape index (κ3) is 9.70. The van der Waals surface area contributed by atoms with Crippen molar-refractivity contribution in [1.82, 2.24) is 0 Å². The molecule has 0 bridgehead atoms. The maximum absolute atomic E-state index is 9.37. The molecular weight excluding hydrogens is 256 g/mol. The van der Waals surface area contributed by atoms with Gasteiger partial charge in [0.15, 0.2) is 0 Å². The van der Waals surface area contributed by atoms with E-state index in [1.807, 2.05) is 34.6 Å². The van der Waals surface area contributed by atoms with E-state index >= 15 is 0 Å². The van der Waals surface area contributed by atoms with Gasteiger partial charge in [0.1, 0.15) is 0 Å². The van der Waals surface area contributed by atoms with Gasteiger partial charge in [-0.2, -0.15) is 0 Å². The van der Waals surface area contributed by atoms with Gasteiger partial charge in [0.05, 0.1) is 11.7 Å². The van der Waals surface area contributed by atoms with Crippen LogP contribution in [-0.4, -0.2) is 45.3 Å². The zero-order chi connectivity index (χ0) is 16.8. The van der Waals surface area contributed by atoms with Gasteiger partial charge in [-0.15, -0.1) is 0 Å². The Morgan fingerprint density at radius 1 is 0.900 bits per heavy atom. The highest BCUT2D eigenvalue weighted by atomic mass is 16.3. The minimum atomic E-state index is -0.674. The lowest BCUT2D eigenvalue weighted by atomic mass is 9.76. The van der Waals surface area contributed by atoms with Gasteiger partial charge in [-0.1, -0.05) is 34.6 Å². The summed E-state index contributed by atoms with van der Waals surface area (Å²) in [7, 11) is 0. The van der Waals surface area contributed by atoms with E-state index in [1.54, 1.807) is 20.8 Å². The number of rotatable bonds is 6. The van der Waals surface area contributed by atoms with Crippen LogP contribution in [0.4, 0.5) is 0 Å². The second-order valence-corrected chi connectivity index (χ2v) is 7.89. The molecule has 0 aromatic carbocycles. The number of aliphatic hydroxyl groups excluding tert-OH is 3. The van der Waals surface area contributed by atoms with Crippen LogP contribution < -0.4 is 0 Å². The molecule has 0 aromatic rings. The molecule has 0 spiro atoms. The van der Waals surface area contributed by atoms with Crippen LogP contribution in [0, 0.1) is 16.7 Å². The lowest BCUT2D eigenvalue weighted by Gasteiger charge is -2.33. The van der Waals surface area contributed by atoms with Gasteiger partial charge >= 0.3 is 0 Å². The van der Waals surface area contributed by atoms with Crippen LogP contribution >= 0.6 is 0 Å². The molecule has 4 N–H and O–H groups in total. The molecule has 0 fully saturated rings. The molecule has 0 aromatic heterocycles. The zero-order valence-corrected chi connectivity index (χ0v) is 14.6. The lowest BCUT2D eigenvalue weighted by Crippen LogP contribution is -2.35. The molecule has 0 aliphatic rings. The summed E-state index contributed by atoms with van der Waals surface area (Å²) in [4.78, 5) is 0. The van der Waals surface area contributed by atoms with Crippen LogP contribution in [-0.2, 0) is 0 Å². The Labute approximate surface area is 124 Å². The summed E-state index contributed by atoms with van der Waals surface area (Å²) in [6, 6.07) is 0. The molecule has 0 saturated carbocycles. The number of hydrogen-bond donors (Lipinski definition) is 4. The van der Waals surface area contributed by atoms with Crippen LogP contribution in [0.1, 0.15) is 61.8 Å². The van der Waals surface area contributed by atoms with Gasteiger partial charge in [0.25, 0.3) is 0 Å². The van der Waals surface area contributed by atoms with E-state index in [0.29, 0.717) is 6.42 Å². The molecule has 0 heterocycles. The summed E-state index contributed by atoms with van der Waals surface area (Å²) in [5.41, 5.74) is -1.03. The van der Waals surface area contributed by atoms with Crippen LogP contribution in [0.25, 0.3) is 0 Å². The van der Waals surface area contributed by atoms with E-state index in [4.69, 9.17) is 10.2 Å². The van der Waals surface area contributed by atoms with Crippen molar-refractivity contribution in [2.45, 2.75) is 73.5 Å². The van der Waals surface area contributed by atoms with Crippen molar-refractivity contribution in [1.29, 1.82) is 0 Å². The molecule has 4 nitrogen and oxygen atoms in total. The fourth-order valence-corrected chi connectivity index (χ4v) is 1.87. The highest BCUT2D eigenvalue weighted by molar-refractivity contribution is 4.79. The first-order valence-corrected chi connectivity index (χ1v) is 7.32. The predicted molar refractivity (Wildman–Crippen MR) is 83.5 cm³/mol. The van der Waals surface area contributed by atoms with Gasteiger partial charge in [-0.25, -0.2) is 0 Å². The van der Waals surface area contributed by atoms with E-state index in [1.165, 1.54) is 0 Å². The Hall–Kier alpha value is -0.160. The van der Waals surface area contributed by atoms with Gasteiger partial charge in [-0.3, -0.25) is 0 Å². The Bertz CT molecular complexity index is 252. The average molecular weight is 292 g/mol. The summed E-state index contributed by atoms with van der Waals surface area (Å²) in [6.07, 6.45) is 0.255. The van der Waals surface area contributed by atoms with Gasteiger partial charge in [0, 0.05) is 13.2 Å². The molecule has 0 saturated heterocycles. The van der Waals surface area contributed by atoms with Crippen molar-refractivity contribution in [3.8, 4) is 0 Å². The molecule has 124 valence electrons. The second kappa shape index (κ2) is 8.32. The fourth-order valence-electron chi connectivity index (χ4n) is 1.87. The molecule has 0 radical (unpaired) electrons. The topological polar surface area (TPSA) is 80.9 Å². The minimum Gasteiger partial charge on any atom is -0.396 e. The van der Waals surface area contributed by atoms with Crippen LogP contribution in [0.2, 0.25) is 0 Å². The Balaban J connectivity index is 0. The molecule has 0 aliphatic heterocycles. The van der Waals surface area contributed by atoms with Gasteiger partial charge < -0.3 is 20.4 Å². The van der Waals surface area contributed by atoms with Crippen molar-refractivity contribution in [3.63, 3.8) is 0 Å². The second-order valence-electron chi connectivity index (χ2n) is 7.89. The quantitative estimate of drug-likeness (QED) is 0.605. The van der Waals surface area contributed by atoms with Crippen molar-refractivity contribution >= 4 is 0 Å². The summed E-state index contributed by atoms with van der Waals surface area (Å²) in [5, 5.41) is 36.3. The van der Waals surface area contributed by atoms with E-state index in [2.05, 4.69) is 0 Å². The first-order chi connectivity index (χ1) is 8.69. The summed E-state index contributed by atoms with van der Waals surface area (Å²) >= 11 is 0. The largest absolute Gasteiger partial charge is 0.396 e. The average Bonchev–Trinajstić information content (AvgIpc) is 2.25.